The molecule has 7 heteroatoms. The lowest BCUT2D eigenvalue weighted by molar-refractivity contribution is 0.102. The number of aryl methyl sites for hydroxylation is 1. The van der Waals surface area contributed by atoms with Crippen molar-refractivity contribution < 1.29 is 13.9 Å². The Balaban J connectivity index is 1.91. The molecule has 0 aliphatic carbocycles. The quantitative estimate of drug-likeness (QED) is 0.529. The fraction of sp³-hybridized carbons (Fsp3) is 0.0500. The van der Waals surface area contributed by atoms with E-state index in [-0.39, 0.29) is 16.7 Å². The molecule has 27 heavy (non-hydrogen) atoms. The van der Waals surface area contributed by atoms with E-state index in [0.29, 0.717) is 17.0 Å². The standard InChI is InChI=1S/C20H16ClFN2O2S/c1-12-4-2-7-18(26-17-9-8-13(22)10-16(17)21)19(12)20(25)24-14-5-3-6-15(11-14)27-23/h2-11H,23H2,1H3,(H,24,25). The van der Waals surface area contributed by atoms with Crippen LogP contribution in [-0.4, -0.2) is 5.91 Å². The summed E-state index contributed by atoms with van der Waals surface area (Å²) in [5, 5.41) is 8.53. The average molecular weight is 403 g/mol. The van der Waals surface area contributed by atoms with Crippen LogP contribution in [0.25, 0.3) is 0 Å². The Bertz CT molecular complexity index is 997. The first-order chi connectivity index (χ1) is 13.0. The number of ether oxygens (including phenoxy) is 1. The van der Waals surface area contributed by atoms with Gasteiger partial charge in [-0.15, -0.1) is 0 Å². The molecular weight excluding hydrogens is 387 g/mol. The Hall–Kier alpha value is -2.54. The van der Waals surface area contributed by atoms with E-state index in [1.54, 1.807) is 43.3 Å². The van der Waals surface area contributed by atoms with Crippen LogP contribution in [0.3, 0.4) is 0 Å². The van der Waals surface area contributed by atoms with Gasteiger partial charge in [-0.2, -0.15) is 0 Å². The second kappa shape index (κ2) is 8.43. The van der Waals surface area contributed by atoms with Gasteiger partial charge in [0, 0.05) is 10.6 Å². The van der Waals surface area contributed by atoms with Crippen molar-refractivity contribution in [3.8, 4) is 11.5 Å². The van der Waals surface area contributed by atoms with Gasteiger partial charge >= 0.3 is 0 Å². The normalized spacial score (nSPS) is 10.5. The number of rotatable bonds is 5. The molecule has 0 unspecified atom stereocenters. The fourth-order valence-electron chi connectivity index (χ4n) is 2.53. The Morgan fingerprint density at radius 1 is 1.11 bits per heavy atom. The zero-order chi connectivity index (χ0) is 19.4. The van der Waals surface area contributed by atoms with E-state index in [4.69, 9.17) is 21.5 Å². The highest BCUT2D eigenvalue weighted by molar-refractivity contribution is 7.97. The number of benzene rings is 3. The third-order valence-electron chi connectivity index (χ3n) is 3.80. The predicted molar refractivity (Wildman–Crippen MR) is 107 cm³/mol. The minimum Gasteiger partial charge on any atom is -0.455 e. The second-order valence-corrected chi connectivity index (χ2v) is 6.84. The van der Waals surface area contributed by atoms with E-state index < -0.39 is 5.82 Å². The lowest BCUT2D eigenvalue weighted by Crippen LogP contribution is -2.14. The summed E-state index contributed by atoms with van der Waals surface area (Å²) in [5.74, 6) is -0.211. The summed E-state index contributed by atoms with van der Waals surface area (Å²) in [4.78, 5) is 13.7. The molecule has 0 aliphatic rings. The monoisotopic (exact) mass is 402 g/mol. The number of carbonyl (C=O) groups is 1. The number of hydrogen-bond acceptors (Lipinski definition) is 4. The van der Waals surface area contributed by atoms with Crippen LogP contribution in [0.1, 0.15) is 15.9 Å². The van der Waals surface area contributed by atoms with Gasteiger partial charge < -0.3 is 10.1 Å². The van der Waals surface area contributed by atoms with Gasteiger partial charge in [-0.1, -0.05) is 29.8 Å². The van der Waals surface area contributed by atoms with Crippen molar-refractivity contribution in [2.24, 2.45) is 5.14 Å². The van der Waals surface area contributed by atoms with E-state index in [1.165, 1.54) is 12.1 Å². The summed E-state index contributed by atoms with van der Waals surface area (Å²) in [6.07, 6.45) is 0. The van der Waals surface area contributed by atoms with Gasteiger partial charge in [-0.3, -0.25) is 9.93 Å². The van der Waals surface area contributed by atoms with Crippen LogP contribution in [0.4, 0.5) is 10.1 Å². The van der Waals surface area contributed by atoms with E-state index in [1.807, 2.05) is 6.07 Å². The van der Waals surface area contributed by atoms with Gasteiger partial charge in [0.05, 0.1) is 10.6 Å². The maximum atomic E-state index is 13.2. The first kappa shape index (κ1) is 19.2. The summed E-state index contributed by atoms with van der Waals surface area (Å²) in [6.45, 7) is 1.81. The molecule has 0 aliphatic heterocycles. The molecule has 0 atom stereocenters. The average Bonchev–Trinajstić information content (AvgIpc) is 2.64. The van der Waals surface area contributed by atoms with Crippen molar-refractivity contribution in [3.05, 3.63) is 82.6 Å². The molecule has 4 nitrogen and oxygen atoms in total. The van der Waals surface area contributed by atoms with Gasteiger partial charge in [0.15, 0.2) is 0 Å². The van der Waals surface area contributed by atoms with Gasteiger partial charge in [-0.25, -0.2) is 4.39 Å². The molecule has 3 aromatic rings. The zero-order valence-electron chi connectivity index (χ0n) is 14.3. The first-order valence-corrected chi connectivity index (χ1v) is 9.24. The maximum Gasteiger partial charge on any atom is 0.259 e. The summed E-state index contributed by atoms with van der Waals surface area (Å²) in [5.41, 5.74) is 1.71. The smallest absolute Gasteiger partial charge is 0.259 e. The Labute approximate surface area is 165 Å². The van der Waals surface area contributed by atoms with E-state index in [2.05, 4.69) is 5.32 Å². The fourth-order valence-corrected chi connectivity index (χ4v) is 3.09. The largest absolute Gasteiger partial charge is 0.455 e. The summed E-state index contributed by atoms with van der Waals surface area (Å²) in [6, 6.07) is 16.3. The molecule has 3 rings (SSSR count). The van der Waals surface area contributed by atoms with E-state index >= 15 is 0 Å². The number of nitrogens with one attached hydrogen (secondary N) is 1. The Morgan fingerprint density at radius 2 is 1.89 bits per heavy atom. The highest BCUT2D eigenvalue weighted by Gasteiger charge is 2.17. The lowest BCUT2D eigenvalue weighted by atomic mass is 10.1. The Kier molecular flexibility index (Phi) is 6.01. The summed E-state index contributed by atoms with van der Waals surface area (Å²) in [7, 11) is 0. The topological polar surface area (TPSA) is 64.3 Å². The highest BCUT2D eigenvalue weighted by atomic mass is 35.5. The number of amides is 1. The molecule has 0 fully saturated rings. The molecule has 138 valence electrons. The molecular formula is C20H16ClFN2O2S. The zero-order valence-corrected chi connectivity index (χ0v) is 15.9. The second-order valence-electron chi connectivity index (χ2n) is 5.72. The molecule has 0 bridgehead atoms. The van der Waals surface area contributed by atoms with E-state index in [0.717, 1.165) is 28.5 Å². The van der Waals surface area contributed by atoms with Crippen molar-refractivity contribution >= 4 is 35.1 Å². The van der Waals surface area contributed by atoms with Crippen molar-refractivity contribution in [3.63, 3.8) is 0 Å². The van der Waals surface area contributed by atoms with Crippen LogP contribution in [0, 0.1) is 12.7 Å². The number of anilines is 1. The molecule has 3 N–H and O–H groups in total. The van der Waals surface area contributed by atoms with Crippen molar-refractivity contribution in [2.75, 3.05) is 5.32 Å². The third kappa shape index (κ3) is 4.60. The number of nitrogens with two attached hydrogens (primary N) is 1. The first-order valence-electron chi connectivity index (χ1n) is 7.98. The van der Waals surface area contributed by atoms with Crippen LogP contribution in [0.5, 0.6) is 11.5 Å². The van der Waals surface area contributed by atoms with Gasteiger partial charge in [0.1, 0.15) is 17.3 Å². The summed E-state index contributed by atoms with van der Waals surface area (Å²) < 4.78 is 19.0. The number of carbonyl (C=O) groups excluding carboxylic acids is 1. The molecule has 0 spiro atoms. The van der Waals surface area contributed by atoms with Gasteiger partial charge in [0.2, 0.25) is 0 Å². The molecule has 0 saturated carbocycles. The number of halogens is 2. The van der Waals surface area contributed by atoms with Gasteiger partial charge in [0.25, 0.3) is 5.91 Å². The lowest BCUT2D eigenvalue weighted by Gasteiger charge is -2.15. The molecule has 0 aromatic heterocycles. The molecule has 0 saturated heterocycles. The highest BCUT2D eigenvalue weighted by Crippen LogP contribution is 2.33. The Morgan fingerprint density at radius 3 is 2.63 bits per heavy atom. The van der Waals surface area contributed by atoms with E-state index in [9.17, 15) is 9.18 Å². The third-order valence-corrected chi connectivity index (χ3v) is 4.62. The van der Waals surface area contributed by atoms with Crippen molar-refractivity contribution in [1.82, 2.24) is 0 Å². The maximum absolute atomic E-state index is 13.2. The molecule has 0 radical (unpaired) electrons. The SMILES string of the molecule is Cc1cccc(Oc2ccc(F)cc2Cl)c1C(=O)Nc1cccc(SN)c1. The molecule has 3 aromatic carbocycles. The van der Waals surface area contributed by atoms with Crippen LogP contribution in [0.2, 0.25) is 5.02 Å². The van der Waals surface area contributed by atoms with Crippen LogP contribution >= 0.6 is 23.5 Å². The predicted octanol–water partition coefficient (Wildman–Crippen LogP) is 5.80. The van der Waals surface area contributed by atoms with Crippen LogP contribution in [0.15, 0.2) is 65.6 Å². The number of hydrogen-bond donors (Lipinski definition) is 2. The van der Waals surface area contributed by atoms with Crippen molar-refractivity contribution in [1.29, 1.82) is 0 Å². The summed E-state index contributed by atoms with van der Waals surface area (Å²) >= 11 is 7.13. The van der Waals surface area contributed by atoms with Gasteiger partial charge in [-0.05, 0) is 66.9 Å². The van der Waals surface area contributed by atoms with Crippen LogP contribution in [-0.2, 0) is 0 Å². The molecule has 1 amide bonds. The van der Waals surface area contributed by atoms with Crippen LogP contribution < -0.4 is 15.2 Å². The minimum absolute atomic E-state index is 0.121. The molecule has 0 heterocycles. The van der Waals surface area contributed by atoms with Crippen molar-refractivity contribution in [2.45, 2.75) is 11.8 Å². The minimum atomic E-state index is -0.466.